The van der Waals surface area contributed by atoms with Crippen LogP contribution in [0.3, 0.4) is 0 Å². The second-order valence-electron chi connectivity index (χ2n) is 4.65. The van der Waals surface area contributed by atoms with Gasteiger partial charge in [-0.05, 0) is 37.8 Å². The van der Waals surface area contributed by atoms with E-state index < -0.39 is 0 Å². The van der Waals surface area contributed by atoms with Crippen molar-refractivity contribution >= 4 is 0 Å². The summed E-state index contributed by atoms with van der Waals surface area (Å²) in [5.74, 6) is 1.62. The van der Waals surface area contributed by atoms with Gasteiger partial charge in [-0.1, -0.05) is 39.5 Å². The topological polar surface area (TPSA) is 52.0 Å². The summed E-state index contributed by atoms with van der Waals surface area (Å²) in [6.45, 7) is 6.28. The normalized spacial score (nSPS) is 15.4. The molecule has 0 radical (unpaired) electrons. The van der Waals surface area contributed by atoms with Gasteiger partial charge in [-0.15, -0.1) is 0 Å². The Hall–Kier alpha value is -0.0800. The molecule has 0 amide bonds. The molecule has 14 heavy (non-hydrogen) atoms. The maximum absolute atomic E-state index is 5.51. The van der Waals surface area contributed by atoms with E-state index in [2.05, 4.69) is 13.8 Å². The summed E-state index contributed by atoms with van der Waals surface area (Å²) < 4.78 is 0. The van der Waals surface area contributed by atoms with Gasteiger partial charge in [0.2, 0.25) is 0 Å². The summed E-state index contributed by atoms with van der Waals surface area (Å²) >= 11 is 0. The van der Waals surface area contributed by atoms with Crippen LogP contribution in [0, 0.1) is 11.8 Å². The number of nitrogens with two attached hydrogens (primary N) is 2. The average Bonchev–Trinajstić information content (AvgIpc) is 2.13. The van der Waals surface area contributed by atoms with E-state index in [4.69, 9.17) is 11.5 Å². The molecule has 0 rings (SSSR count). The van der Waals surface area contributed by atoms with Gasteiger partial charge in [0, 0.05) is 0 Å². The predicted molar refractivity (Wildman–Crippen MR) is 64.1 cm³/mol. The largest absolute Gasteiger partial charge is 0.330 e. The van der Waals surface area contributed by atoms with Crippen molar-refractivity contribution in [3.63, 3.8) is 0 Å². The minimum absolute atomic E-state index is 0.810. The summed E-state index contributed by atoms with van der Waals surface area (Å²) in [4.78, 5) is 0. The molecule has 0 bridgehead atoms. The molecule has 0 aliphatic rings. The van der Waals surface area contributed by atoms with Gasteiger partial charge in [0.05, 0.1) is 0 Å². The van der Waals surface area contributed by atoms with Gasteiger partial charge in [0.25, 0.3) is 0 Å². The molecule has 0 aromatic rings. The van der Waals surface area contributed by atoms with E-state index in [0.717, 1.165) is 24.9 Å². The van der Waals surface area contributed by atoms with E-state index in [0.29, 0.717) is 0 Å². The van der Waals surface area contributed by atoms with Crippen molar-refractivity contribution in [3.05, 3.63) is 0 Å². The van der Waals surface area contributed by atoms with Crippen LogP contribution < -0.4 is 11.5 Å². The van der Waals surface area contributed by atoms with Crippen molar-refractivity contribution in [2.24, 2.45) is 23.3 Å². The zero-order chi connectivity index (χ0) is 10.8. The van der Waals surface area contributed by atoms with Gasteiger partial charge < -0.3 is 11.5 Å². The van der Waals surface area contributed by atoms with Crippen molar-refractivity contribution in [1.82, 2.24) is 0 Å². The van der Waals surface area contributed by atoms with Gasteiger partial charge in [-0.25, -0.2) is 0 Å². The summed E-state index contributed by atoms with van der Waals surface area (Å²) in [5.41, 5.74) is 11.0. The Morgan fingerprint density at radius 1 is 0.714 bits per heavy atom. The number of rotatable bonds is 9. The smallest absolute Gasteiger partial charge is 0.00747 e. The molecule has 4 N–H and O–H groups in total. The first kappa shape index (κ1) is 13.9. The fourth-order valence-electron chi connectivity index (χ4n) is 1.84. The monoisotopic (exact) mass is 200 g/mol. The molecule has 0 aromatic carbocycles. The Bertz CT molecular complexity index is 101. The molecule has 0 saturated carbocycles. The lowest BCUT2D eigenvalue weighted by atomic mass is 9.96. The molecule has 0 aromatic heterocycles. The van der Waals surface area contributed by atoms with Crippen molar-refractivity contribution < 1.29 is 0 Å². The van der Waals surface area contributed by atoms with Crippen LogP contribution in [0.15, 0.2) is 0 Å². The van der Waals surface area contributed by atoms with Crippen molar-refractivity contribution in [2.45, 2.75) is 52.4 Å². The second kappa shape index (κ2) is 9.47. The van der Waals surface area contributed by atoms with Crippen LogP contribution in [0.5, 0.6) is 0 Å². The lowest BCUT2D eigenvalue weighted by Crippen LogP contribution is -2.07. The maximum atomic E-state index is 5.51. The van der Waals surface area contributed by atoms with Crippen molar-refractivity contribution in [3.8, 4) is 0 Å². The van der Waals surface area contributed by atoms with Crippen LogP contribution >= 0.6 is 0 Å². The maximum Gasteiger partial charge on any atom is -0.00747 e. The van der Waals surface area contributed by atoms with Crippen LogP contribution in [-0.2, 0) is 0 Å². The van der Waals surface area contributed by atoms with Crippen LogP contribution in [0.25, 0.3) is 0 Å². The molecule has 2 nitrogen and oxygen atoms in total. The van der Waals surface area contributed by atoms with Gasteiger partial charge >= 0.3 is 0 Å². The third kappa shape index (κ3) is 8.52. The van der Waals surface area contributed by atoms with Gasteiger partial charge in [-0.3, -0.25) is 0 Å². The van der Waals surface area contributed by atoms with Crippen LogP contribution in [0.1, 0.15) is 52.4 Å². The number of hydrogen-bond acceptors (Lipinski definition) is 2. The highest BCUT2D eigenvalue weighted by Crippen LogP contribution is 2.16. The Balaban J connectivity index is 3.19. The highest BCUT2D eigenvalue weighted by atomic mass is 14.5. The molecule has 0 aliphatic heterocycles. The van der Waals surface area contributed by atoms with E-state index in [1.54, 1.807) is 0 Å². The third-order valence-corrected chi connectivity index (χ3v) is 2.96. The van der Waals surface area contributed by atoms with Gasteiger partial charge in [0.1, 0.15) is 0 Å². The number of unbranched alkanes of at least 4 members (excludes halogenated alkanes) is 1. The molecule has 0 aliphatic carbocycles. The first-order valence-corrected chi connectivity index (χ1v) is 6.10. The lowest BCUT2D eigenvalue weighted by molar-refractivity contribution is 0.426. The van der Waals surface area contributed by atoms with Crippen LogP contribution in [0.2, 0.25) is 0 Å². The molecule has 2 atom stereocenters. The molecule has 86 valence electrons. The molecule has 0 heterocycles. The summed E-state index contributed by atoms with van der Waals surface area (Å²) in [7, 11) is 0. The zero-order valence-corrected chi connectivity index (χ0v) is 9.97. The SMILES string of the molecule is CC(CCN)CCCCC(C)CCN. The Morgan fingerprint density at radius 2 is 1.07 bits per heavy atom. The Kier molecular flexibility index (Phi) is 9.42. The zero-order valence-electron chi connectivity index (χ0n) is 9.97. The summed E-state index contributed by atoms with van der Waals surface area (Å²) in [5, 5.41) is 0. The summed E-state index contributed by atoms with van der Waals surface area (Å²) in [6.07, 6.45) is 7.75. The second-order valence-corrected chi connectivity index (χ2v) is 4.65. The molecule has 0 saturated heterocycles. The quantitative estimate of drug-likeness (QED) is 0.562. The molecule has 2 heteroatoms. The molecule has 2 unspecified atom stereocenters. The fraction of sp³-hybridized carbons (Fsp3) is 1.00. The van der Waals surface area contributed by atoms with E-state index in [1.165, 1.54) is 38.5 Å². The van der Waals surface area contributed by atoms with Crippen molar-refractivity contribution in [1.29, 1.82) is 0 Å². The first-order chi connectivity index (χ1) is 6.70. The Morgan fingerprint density at radius 3 is 1.36 bits per heavy atom. The van der Waals surface area contributed by atoms with Crippen LogP contribution in [0.4, 0.5) is 0 Å². The van der Waals surface area contributed by atoms with Gasteiger partial charge in [-0.2, -0.15) is 0 Å². The van der Waals surface area contributed by atoms with Crippen molar-refractivity contribution in [2.75, 3.05) is 13.1 Å². The van der Waals surface area contributed by atoms with Crippen LogP contribution in [-0.4, -0.2) is 13.1 Å². The molecular weight excluding hydrogens is 172 g/mol. The minimum Gasteiger partial charge on any atom is -0.330 e. The third-order valence-electron chi connectivity index (χ3n) is 2.96. The van der Waals surface area contributed by atoms with E-state index >= 15 is 0 Å². The highest BCUT2D eigenvalue weighted by molar-refractivity contribution is 4.57. The predicted octanol–water partition coefficient (Wildman–Crippen LogP) is 2.52. The average molecular weight is 200 g/mol. The molecule has 0 fully saturated rings. The molecule has 0 spiro atoms. The lowest BCUT2D eigenvalue weighted by Gasteiger charge is -2.12. The molecular formula is C12H28N2. The number of hydrogen-bond donors (Lipinski definition) is 2. The minimum atomic E-state index is 0.810. The Labute approximate surface area is 89.4 Å². The van der Waals surface area contributed by atoms with E-state index in [-0.39, 0.29) is 0 Å². The van der Waals surface area contributed by atoms with E-state index in [9.17, 15) is 0 Å². The first-order valence-electron chi connectivity index (χ1n) is 6.10. The highest BCUT2D eigenvalue weighted by Gasteiger charge is 2.03. The summed E-state index contributed by atoms with van der Waals surface area (Å²) in [6, 6.07) is 0. The van der Waals surface area contributed by atoms with E-state index in [1.807, 2.05) is 0 Å². The van der Waals surface area contributed by atoms with Gasteiger partial charge in [0.15, 0.2) is 0 Å². The standard InChI is InChI=1S/C12H28N2/c1-11(7-9-13)5-3-4-6-12(2)8-10-14/h11-12H,3-10,13-14H2,1-2H3. The fourth-order valence-corrected chi connectivity index (χ4v) is 1.84.